The average molecular weight is 557 g/mol. The highest BCUT2D eigenvalue weighted by Gasteiger charge is 2.51. The summed E-state index contributed by atoms with van der Waals surface area (Å²) in [6.07, 6.45) is 3.99. The van der Waals surface area contributed by atoms with Crippen molar-refractivity contribution >= 4 is 41.0 Å². The van der Waals surface area contributed by atoms with Crippen molar-refractivity contribution in [2.75, 3.05) is 36.1 Å². The summed E-state index contributed by atoms with van der Waals surface area (Å²) in [5.41, 5.74) is 2.56. The number of carbonyl (C=O) groups is 1. The molecule has 2 heterocycles. The maximum atomic E-state index is 15.3. The number of ether oxygens (including phenoxy) is 1. The van der Waals surface area contributed by atoms with Gasteiger partial charge in [-0.25, -0.2) is 9.37 Å². The summed E-state index contributed by atoms with van der Waals surface area (Å²) >= 11 is 1.58. The van der Waals surface area contributed by atoms with E-state index in [2.05, 4.69) is 25.7 Å². The number of rotatable bonds is 5. The first-order chi connectivity index (χ1) is 19.5. The van der Waals surface area contributed by atoms with Gasteiger partial charge in [0.1, 0.15) is 17.4 Å². The summed E-state index contributed by atoms with van der Waals surface area (Å²) in [5, 5.41) is 9.44. The Morgan fingerprint density at radius 2 is 1.93 bits per heavy atom. The van der Waals surface area contributed by atoms with Gasteiger partial charge < -0.3 is 20.7 Å². The lowest BCUT2D eigenvalue weighted by atomic mass is 9.94. The van der Waals surface area contributed by atoms with Crippen molar-refractivity contribution in [3.05, 3.63) is 84.3 Å². The standard InChI is InChI=1S/C30H29FN6O2S/c1-39-22-9-7-20(8-10-22)30(12-13-30)28(38)36-26-11-6-19(16-25(26)31)24-18-33-29-35-21-4-2-5-23(17-21)40-34-15-3-14-32-27(24)37-29/h2,4-11,16-18,34H,3,12-15H2,1H3,(H,36,38)(H2,32,33,35,37). The van der Waals surface area contributed by atoms with Crippen molar-refractivity contribution in [2.24, 2.45) is 0 Å². The number of carbonyl (C=O) groups excluding carboxylic acids is 1. The molecule has 4 aromatic rings. The lowest BCUT2D eigenvalue weighted by Crippen LogP contribution is -2.28. The summed E-state index contributed by atoms with van der Waals surface area (Å²) in [5.74, 6) is 1.05. The summed E-state index contributed by atoms with van der Waals surface area (Å²) in [4.78, 5) is 23.5. The van der Waals surface area contributed by atoms with Crippen LogP contribution >= 0.6 is 11.9 Å². The van der Waals surface area contributed by atoms with E-state index in [1.54, 1.807) is 37.4 Å². The van der Waals surface area contributed by atoms with Gasteiger partial charge in [0.05, 0.1) is 18.2 Å². The van der Waals surface area contributed by atoms with Gasteiger partial charge in [-0.15, -0.1) is 0 Å². The lowest BCUT2D eigenvalue weighted by Gasteiger charge is -2.17. The van der Waals surface area contributed by atoms with Crippen molar-refractivity contribution < 1.29 is 13.9 Å². The van der Waals surface area contributed by atoms with Gasteiger partial charge in [-0.1, -0.05) is 24.3 Å². The van der Waals surface area contributed by atoms with Crippen LogP contribution in [0, 0.1) is 5.82 Å². The van der Waals surface area contributed by atoms with Crippen LogP contribution in [-0.2, 0) is 10.2 Å². The van der Waals surface area contributed by atoms with Crippen LogP contribution in [0.3, 0.4) is 0 Å². The van der Waals surface area contributed by atoms with Crippen molar-refractivity contribution in [1.29, 1.82) is 0 Å². The lowest BCUT2D eigenvalue weighted by molar-refractivity contribution is -0.118. The fraction of sp³-hybridized carbons (Fsp3) is 0.233. The van der Waals surface area contributed by atoms with Crippen molar-refractivity contribution in [3.63, 3.8) is 0 Å². The molecule has 1 aliphatic heterocycles. The predicted octanol–water partition coefficient (Wildman–Crippen LogP) is 6.12. The zero-order chi connectivity index (χ0) is 27.5. The van der Waals surface area contributed by atoms with Gasteiger partial charge in [0, 0.05) is 35.4 Å². The topological polar surface area (TPSA) is 100 Å². The fourth-order valence-corrected chi connectivity index (χ4v) is 5.51. The van der Waals surface area contributed by atoms with Crippen molar-refractivity contribution in [2.45, 2.75) is 29.6 Å². The van der Waals surface area contributed by atoms with Gasteiger partial charge in [0.15, 0.2) is 0 Å². The SMILES string of the molecule is COc1ccc(C2(C(=O)Nc3ccc(-c4cnc5nc4NCCCNSc4cccc(c4)N5)cc3F)CC2)cc1. The first-order valence-corrected chi connectivity index (χ1v) is 14.0. The van der Waals surface area contributed by atoms with Crippen molar-refractivity contribution in [1.82, 2.24) is 14.7 Å². The summed E-state index contributed by atoms with van der Waals surface area (Å²) < 4.78 is 23.9. The number of nitrogens with one attached hydrogen (secondary N) is 4. The summed E-state index contributed by atoms with van der Waals surface area (Å²) in [6, 6.07) is 20.3. The third-order valence-corrected chi connectivity index (χ3v) is 8.01. The van der Waals surface area contributed by atoms with Gasteiger partial charge >= 0.3 is 0 Å². The van der Waals surface area contributed by atoms with E-state index < -0.39 is 11.2 Å². The Bertz CT molecular complexity index is 1540. The molecule has 10 heteroatoms. The summed E-state index contributed by atoms with van der Waals surface area (Å²) in [7, 11) is 1.60. The zero-order valence-corrected chi connectivity index (χ0v) is 22.8. The molecule has 0 saturated heterocycles. The van der Waals surface area contributed by atoms with E-state index in [-0.39, 0.29) is 11.6 Å². The molecule has 204 valence electrons. The normalized spacial score (nSPS) is 15.8. The predicted molar refractivity (Wildman–Crippen MR) is 157 cm³/mol. The van der Waals surface area contributed by atoms with E-state index in [0.717, 1.165) is 47.7 Å². The third kappa shape index (κ3) is 5.45. The molecule has 2 aliphatic rings. The fourth-order valence-electron chi connectivity index (χ4n) is 4.76. The van der Waals surface area contributed by atoms with Gasteiger partial charge in [0.25, 0.3) is 0 Å². The largest absolute Gasteiger partial charge is 0.497 e. The minimum atomic E-state index is -0.639. The second-order valence-corrected chi connectivity index (χ2v) is 10.8. The maximum absolute atomic E-state index is 15.3. The first kappa shape index (κ1) is 26.1. The maximum Gasteiger partial charge on any atom is 0.235 e. The minimum Gasteiger partial charge on any atom is -0.497 e. The molecule has 1 fully saturated rings. The zero-order valence-electron chi connectivity index (χ0n) is 22.0. The molecule has 1 aromatic heterocycles. The number of fused-ring (bicyclic) bond motifs is 4. The molecule has 1 saturated carbocycles. The van der Waals surface area contributed by atoms with Crippen LogP contribution in [0.5, 0.6) is 5.75 Å². The second kappa shape index (κ2) is 11.1. The number of benzene rings is 3. The van der Waals surface area contributed by atoms with Crippen molar-refractivity contribution in [3.8, 4) is 16.9 Å². The van der Waals surface area contributed by atoms with E-state index in [0.29, 0.717) is 29.4 Å². The van der Waals surface area contributed by atoms with E-state index in [4.69, 9.17) is 9.72 Å². The van der Waals surface area contributed by atoms with Crippen LogP contribution in [0.2, 0.25) is 0 Å². The smallest absolute Gasteiger partial charge is 0.235 e. The van der Waals surface area contributed by atoms with Crippen LogP contribution in [0.1, 0.15) is 24.8 Å². The molecule has 40 heavy (non-hydrogen) atoms. The number of anilines is 4. The molecule has 3 aromatic carbocycles. The molecule has 4 N–H and O–H groups in total. The molecule has 0 spiro atoms. The molecule has 1 amide bonds. The Morgan fingerprint density at radius 3 is 2.70 bits per heavy atom. The van der Waals surface area contributed by atoms with Crippen LogP contribution in [0.15, 0.2) is 77.8 Å². The van der Waals surface area contributed by atoms with Crippen LogP contribution in [0.25, 0.3) is 11.1 Å². The van der Waals surface area contributed by atoms with Gasteiger partial charge in [-0.2, -0.15) is 4.98 Å². The molecule has 0 atom stereocenters. The van der Waals surface area contributed by atoms with Crippen LogP contribution in [-0.4, -0.2) is 36.1 Å². The second-order valence-electron chi connectivity index (χ2n) is 9.84. The monoisotopic (exact) mass is 556 g/mol. The molecular weight excluding hydrogens is 527 g/mol. The molecule has 1 aliphatic carbocycles. The minimum absolute atomic E-state index is 0.143. The van der Waals surface area contributed by atoms with Crippen LogP contribution in [0.4, 0.5) is 27.5 Å². The molecule has 8 nitrogen and oxygen atoms in total. The molecular formula is C30H29FN6O2S. The number of hydrogen-bond donors (Lipinski definition) is 4. The highest BCUT2D eigenvalue weighted by molar-refractivity contribution is 7.97. The number of aromatic nitrogens is 2. The van der Waals surface area contributed by atoms with E-state index >= 15 is 4.39 Å². The first-order valence-electron chi connectivity index (χ1n) is 13.2. The van der Waals surface area contributed by atoms with Gasteiger partial charge in [-0.3, -0.25) is 9.52 Å². The number of methoxy groups -OCH3 is 1. The molecule has 6 rings (SSSR count). The van der Waals surface area contributed by atoms with Gasteiger partial charge in [-0.05, 0) is 84.8 Å². The third-order valence-electron chi connectivity index (χ3n) is 7.17. The number of halogens is 1. The Hall–Kier alpha value is -4.15. The number of amides is 1. The summed E-state index contributed by atoms with van der Waals surface area (Å²) in [6.45, 7) is 1.49. The Balaban J connectivity index is 1.23. The average Bonchev–Trinajstić information content (AvgIpc) is 3.78. The quantitative estimate of drug-likeness (QED) is 0.218. The highest BCUT2D eigenvalue weighted by Crippen LogP contribution is 2.49. The molecule has 0 radical (unpaired) electrons. The Labute approximate surface area is 236 Å². The number of nitrogens with zero attached hydrogens (tertiary/aromatic N) is 2. The Kier molecular flexibility index (Phi) is 7.27. The van der Waals surface area contributed by atoms with Gasteiger partial charge in [0.2, 0.25) is 11.9 Å². The molecule has 4 bridgehead atoms. The van der Waals surface area contributed by atoms with E-state index in [9.17, 15) is 4.79 Å². The van der Waals surface area contributed by atoms with Crippen LogP contribution < -0.4 is 25.4 Å². The molecule has 0 unspecified atom stereocenters. The Morgan fingerprint density at radius 1 is 1.07 bits per heavy atom. The number of hydrogen-bond acceptors (Lipinski definition) is 8. The van der Waals surface area contributed by atoms with E-state index in [1.165, 1.54) is 6.07 Å². The highest BCUT2D eigenvalue weighted by atomic mass is 32.2. The van der Waals surface area contributed by atoms with E-state index in [1.807, 2.05) is 48.5 Å².